The lowest BCUT2D eigenvalue weighted by Gasteiger charge is -2.09. The van der Waals surface area contributed by atoms with Crippen LogP contribution in [0.4, 0.5) is 11.4 Å². The maximum Gasteiger partial charge on any atom is 0.262 e. The number of ether oxygens (including phenoxy) is 2. The molecule has 0 aliphatic heterocycles. The molecule has 0 unspecified atom stereocenters. The van der Waals surface area contributed by atoms with E-state index in [0.29, 0.717) is 34.4 Å². The number of carbonyl (C=O) groups is 2. The average Bonchev–Trinajstić information content (AvgIpc) is 3.34. The first kappa shape index (κ1) is 22.5. The molecule has 0 radical (unpaired) electrons. The topological polar surface area (TPSA) is 116 Å². The second-order valence-corrected chi connectivity index (χ2v) is 7.27. The minimum Gasteiger partial charge on any atom is -0.497 e. The monoisotopic (exact) mass is 458 g/mol. The van der Waals surface area contributed by atoms with Gasteiger partial charge in [-0.05, 0) is 66.7 Å². The summed E-state index contributed by atoms with van der Waals surface area (Å²) < 4.78 is 16.2. The number of rotatable bonds is 8. The standard InChI is InChI=1S/C25H22N4O5/c1-16(30)26-19-8-10-20(11-9-19)27-23(31)15-33-22-5-3-4-18(14-22)25-28-24(29-34-25)17-6-12-21(32-2)13-7-17/h3-14H,15H2,1-2H3,(H,26,30)(H,27,31). The molecule has 1 heterocycles. The summed E-state index contributed by atoms with van der Waals surface area (Å²) >= 11 is 0. The highest BCUT2D eigenvalue weighted by Crippen LogP contribution is 2.26. The van der Waals surface area contributed by atoms with E-state index in [1.165, 1.54) is 6.92 Å². The van der Waals surface area contributed by atoms with Crippen LogP contribution < -0.4 is 20.1 Å². The fraction of sp³-hybridized carbons (Fsp3) is 0.120. The molecule has 0 atom stereocenters. The molecule has 3 aromatic carbocycles. The second-order valence-electron chi connectivity index (χ2n) is 7.27. The summed E-state index contributed by atoms with van der Waals surface area (Å²) in [6, 6.07) is 21.2. The van der Waals surface area contributed by atoms with E-state index >= 15 is 0 Å². The number of methoxy groups -OCH3 is 1. The molecule has 172 valence electrons. The number of hydrogen-bond acceptors (Lipinski definition) is 7. The molecule has 34 heavy (non-hydrogen) atoms. The van der Waals surface area contributed by atoms with Crippen molar-refractivity contribution < 1.29 is 23.6 Å². The first-order valence-corrected chi connectivity index (χ1v) is 10.4. The Morgan fingerprint density at radius 2 is 1.59 bits per heavy atom. The predicted molar refractivity (Wildman–Crippen MR) is 127 cm³/mol. The van der Waals surface area contributed by atoms with Crippen molar-refractivity contribution in [1.82, 2.24) is 10.1 Å². The van der Waals surface area contributed by atoms with Gasteiger partial charge in [0.25, 0.3) is 11.8 Å². The van der Waals surface area contributed by atoms with Crippen LogP contribution in [0, 0.1) is 0 Å². The maximum absolute atomic E-state index is 12.3. The highest BCUT2D eigenvalue weighted by Gasteiger charge is 2.12. The smallest absolute Gasteiger partial charge is 0.262 e. The number of aromatic nitrogens is 2. The molecule has 2 amide bonds. The number of benzene rings is 3. The zero-order valence-corrected chi connectivity index (χ0v) is 18.6. The summed E-state index contributed by atoms with van der Waals surface area (Å²) in [6.07, 6.45) is 0. The molecule has 9 nitrogen and oxygen atoms in total. The van der Waals surface area contributed by atoms with Gasteiger partial charge in [-0.15, -0.1) is 0 Å². The van der Waals surface area contributed by atoms with Crippen molar-refractivity contribution in [2.75, 3.05) is 24.4 Å². The fourth-order valence-corrected chi connectivity index (χ4v) is 3.10. The van der Waals surface area contributed by atoms with Gasteiger partial charge in [-0.25, -0.2) is 0 Å². The van der Waals surface area contributed by atoms with E-state index in [0.717, 1.165) is 11.3 Å². The number of nitrogens with one attached hydrogen (secondary N) is 2. The Balaban J connectivity index is 1.36. The summed E-state index contributed by atoms with van der Waals surface area (Å²) in [5.74, 6) is 1.52. The Morgan fingerprint density at radius 3 is 2.26 bits per heavy atom. The van der Waals surface area contributed by atoms with Crippen molar-refractivity contribution in [2.24, 2.45) is 0 Å². The minimum atomic E-state index is -0.322. The van der Waals surface area contributed by atoms with E-state index in [-0.39, 0.29) is 18.4 Å². The lowest BCUT2D eigenvalue weighted by atomic mass is 10.2. The van der Waals surface area contributed by atoms with E-state index in [9.17, 15) is 9.59 Å². The van der Waals surface area contributed by atoms with Crippen molar-refractivity contribution in [1.29, 1.82) is 0 Å². The molecule has 0 spiro atoms. The third kappa shape index (κ3) is 5.77. The zero-order valence-electron chi connectivity index (χ0n) is 18.6. The van der Waals surface area contributed by atoms with Crippen molar-refractivity contribution in [3.05, 3.63) is 72.8 Å². The Kier molecular flexibility index (Phi) is 6.83. The fourth-order valence-electron chi connectivity index (χ4n) is 3.10. The van der Waals surface area contributed by atoms with Gasteiger partial charge in [0, 0.05) is 29.4 Å². The van der Waals surface area contributed by atoms with E-state index in [1.807, 2.05) is 30.3 Å². The highest BCUT2D eigenvalue weighted by molar-refractivity contribution is 5.93. The van der Waals surface area contributed by atoms with Gasteiger partial charge < -0.3 is 24.6 Å². The summed E-state index contributed by atoms with van der Waals surface area (Å²) in [6.45, 7) is 1.25. The van der Waals surface area contributed by atoms with Crippen LogP contribution in [0.25, 0.3) is 22.8 Å². The molecule has 0 aliphatic rings. The van der Waals surface area contributed by atoms with E-state index < -0.39 is 0 Å². The molecule has 2 N–H and O–H groups in total. The first-order valence-electron chi connectivity index (χ1n) is 10.4. The molecule has 0 aliphatic carbocycles. The lowest BCUT2D eigenvalue weighted by molar-refractivity contribution is -0.118. The molecule has 0 saturated carbocycles. The van der Waals surface area contributed by atoms with Crippen molar-refractivity contribution >= 4 is 23.2 Å². The summed E-state index contributed by atoms with van der Waals surface area (Å²) in [5.41, 5.74) is 2.70. The van der Waals surface area contributed by atoms with Gasteiger partial charge >= 0.3 is 0 Å². The van der Waals surface area contributed by atoms with E-state index in [4.69, 9.17) is 14.0 Å². The van der Waals surface area contributed by atoms with Crippen molar-refractivity contribution in [2.45, 2.75) is 6.92 Å². The van der Waals surface area contributed by atoms with Gasteiger partial charge in [0.15, 0.2) is 6.61 Å². The van der Waals surface area contributed by atoms with Gasteiger partial charge in [0.1, 0.15) is 11.5 Å². The zero-order chi connectivity index (χ0) is 23.9. The molecule has 0 bridgehead atoms. The molecular weight excluding hydrogens is 436 g/mol. The molecule has 4 rings (SSSR count). The molecule has 0 fully saturated rings. The summed E-state index contributed by atoms with van der Waals surface area (Å²) in [7, 11) is 1.60. The Hall–Kier alpha value is -4.66. The normalized spacial score (nSPS) is 10.4. The number of amides is 2. The second kappa shape index (κ2) is 10.3. The van der Waals surface area contributed by atoms with E-state index in [1.54, 1.807) is 49.6 Å². The van der Waals surface area contributed by atoms with Crippen LogP contribution in [0.15, 0.2) is 77.3 Å². The lowest BCUT2D eigenvalue weighted by Crippen LogP contribution is -2.20. The van der Waals surface area contributed by atoms with E-state index in [2.05, 4.69) is 20.8 Å². The molecule has 0 saturated heterocycles. The van der Waals surface area contributed by atoms with Crippen LogP contribution in [0.3, 0.4) is 0 Å². The quantitative estimate of drug-likeness (QED) is 0.402. The van der Waals surface area contributed by atoms with Gasteiger partial charge in [-0.1, -0.05) is 11.2 Å². The van der Waals surface area contributed by atoms with Gasteiger partial charge in [-0.2, -0.15) is 4.98 Å². The van der Waals surface area contributed by atoms with Crippen molar-refractivity contribution in [3.63, 3.8) is 0 Å². The average molecular weight is 458 g/mol. The van der Waals surface area contributed by atoms with Crippen LogP contribution in [0.5, 0.6) is 11.5 Å². The maximum atomic E-state index is 12.3. The third-order valence-electron chi connectivity index (χ3n) is 4.71. The minimum absolute atomic E-state index is 0.162. The molecule has 4 aromatic rings. The Morgan fingerprint density at radius 1 is 0.882 bits per heavy atom. The molecule has 1 aromatic heterocycles. The number of hydrogen-bond donors (Lipinski definition) is 2. The summed E-state index contributed by atoms with van der Waals surface area (Å²) in [4.78, 5) is 27.8. The van der Waals surface area contributed by atoms with Gasteiger partial charge in [0.05, 0.1) is 7.11 Å². The highest BCUT2D eigenvalue weighted by atomic mass is 16.5. The van der Waals surface area contributed by atoms with Crippen LogP contribution >= 0.6 is 0 Å². The summed E-state index contributed by atoms with van der Waals surface area (Å²) in [5, 5.41) is 9.45. The number of anilines is 2. The Labute approximate surface area is 195 Å². The van der Waals surface area contributed by atoms with Crippen LogP contribution in [-0.2, 0) is 9.59 Å². The van der Waals surface area contributed by atoms with Crippen molar-refractivity contribution in [3.8, 4) is 34.3 Å². The predicted octanol–water partition coefficient (Wildman–Crippen LogP) is 4.39. The molecular formula is C25H22N4O5. The largest absolute Gasteiger partial charge is 0.497 e. The Bertz CT molecular complexity index is 1280. The number of carbonyl (C=O) groups excluding carboxylic acids is 2. The van der Waals surface area contributed by atoms with Gasteiger partial charge in [0.2, 0.25) is 11.7 Å². The number of nitrogens with zero attached hydrogens (tertiary/aromatic N) is 2. The third-order valence-corrected chi connectivity index (χ3v) is 4.71. The van der Waals surface area contributed by atoms with Crippen LogP contribution in [0.1, 0.15) is 6.92 Å². The SMILES string of the molecule is COc1ccc(-c2noc(-c3cccc(OCC(=O)Nc4ccc(NC(C)=O)cc4)c3)n2)cc1. The van der Waals surface area contributed by atoms with Gasteiger partial charge in [-0.3, -0.25) is 9.59 Å². The first-order chi connectivity index (χ1) is 16.5. The van der Waals surface area contributed by atoms with Crippen LogP contribution in [-0.4, -0.2) is 35.7 Å². The van der Waals surface area contributed by atoms with Crippen LogP contribution in [0.2, 0.25) is 0 Å². The molecule has 9 heteroatoms.